The van der Waals surface area contributed by atoms with Crippen molar-refractivity contribution in [3.8, 4) is 0 Å². The van der Waals surface area contributed by atoms with Gasteiger partial charge in [-0.1, -0.05) is 71.6 Å². The van der Waals surface area contributed by atoms with Crippen LogP contribution in [0.5, 0.6) is 0 Å². The lowest BCUT2D eigenvalue weighted by atomic mass is 10.1. The van der Waals surface area contributed by atoms with Crippen LogP contribution in [0.3, 0.4) is 0 Å². The first kappa shape index (κ1) is 16.9. The first-order valence-corrected chi connectivity index (χ1v) is 7.64. The van der Waals surface area contributed by atoms with Crippen molar-refractivity contribution in [3.05, 3.63) is 0 Å². The van der Waals surface area contributed by atoms with Gasteiger partial charge in [0.1, 0.15) is 0 Å². The molecule has 0 unspecified atom stereocenters. The highest BCUT2D eigenvalue weighted by molar-refractivity contribution is 4.49. The third kappa shape index (κ3) is 12.2. The minimum absolute atomic E-state index is 0.994. The first-order chi connectivity index (χ1) is 8.35. The van der Waals surface area contributed by atoms with Crippen LogP contribution in [0.25, 0.3) is 0 Å². The van der Waals surface area contributed by atoms with Crippen molar-refractivity contribution < 1.29 is 4.84 Å². The van der Waals surface area contributed by atoms with E-state index in [0.717, 1.165) is 13.1 Å². The van der Waals surface area contributed by atoms with Gasteiger partial charge in [-0.25, -0.2) is 0 Å². The van der Waals surface area contributed by atoms with E-state index in [0.29, 0.717) is 0 Å². The minimum atomic E-state index is 0.994. The number of hydrogen-bond donors (Lipinski definition) is 0. The zero-order valence-corrected chi connectivity index (χ0v) is 12.3. The van der Waals surface area contributed by atoms with Crippen LogP contribution in [0.15, 0.2) is 0 Å². The molecule has 0 aromatic heterocycles. The summed E-state index contributed by atoms with van der Waals surface area (Å²) >= 11 is 0. The Morgan fingerprint density at radius 2 is 1.18 bits per heavy atom. The fraction of sp³-hybridized carbons (Fsp3) is 1.00. The molecule has 0 heterocycles. The summed E-state index contributed by atoms with van der Waals surface area (Å²) in [6.07, 6.45) is 14.0. The van der Waals surface area contributed by atoms with E-state index >= 15 is 0 Å². The van der Waals surface area contributed by atoms with E-state index in [1.54, 1.807) is 7.11 Å². The minimum Gasteiger partial charge on any atom is -0.302 e. The van der Waals surface area contributed by atoms with Crippen molar-refractivity contribution >= 4 is 0 Å². The van der Waals surface area contributed by atoms with Crippen molar-refractivity contribution in [2.45, 2.75) is 78.1 Å². The van der Waals surface area contributed by atoms with Gasteiger partial charge in [-0.05, 0) is 6.42 Å². The molecule has 2 nitrogen and oxygen atoms in total. The summed E-state index contributed by atoms with van der Waals surface area (Å²) in [5.41, 5.74) is 0. The molecular weight excluding hydrogens is 210 g/mol. The number of unbranched alkanes of at least 4 members (excludes halogenated alkanes) is 9. The van der Waals surface area contributed by atoms with Crippen molar-refractivity contribution in [2.24, 2.45) is 0 Å². The van der Waals surface area contributed by atoms with Crippen molar-refractivity contribution in [3.63, 3.8) is 0 Å². The molecule has 0 aliphatic heterocycles. The molecule has 0 amide bonds. The summed E-state index contributed by atoms with van der Waals surface area (Å²) in [7, 11) is 1.76. The standard InChI is InChI=1S/C15H33NO/c1-4-6-7-8-9-10-11-12-13-14-15-16(5-2)17-3/h4-15H2,1-3H3. The van der Waals surface area contributed by atoms with Gasteiger partial charge in [0.15, 0.2) is 0 Å². The zero-order valence-electron chi connectivity index (χ0n) is 12.3. The second-order valence-corrected chi connectivity index (χ2v) is 4.89. The van der Waals surface area contributed by atoms with Gasteiger partial charge in [0.25, 0.3) is 0 Å². The molecule has 0 aromatic rings. The molecular formula is C15H33NO. The van der Waals surface area contributed by atoms with Crippen LogP contribution in [-0.2, 0) is 4.84 Å². The third-order valence-electron chi connectivity index (χ3n) is 3.37. The third-order valence-corrected chi connectivity index (χ3v) is 3.37. The molecule has 0 spiro atoms. The molecule has 104 valence electrons. The molecule has 0 atom stereocenters. The fourth-order valence-corrected chi connectivity index (χ4v) is 2.15. The average molecular weight is 243 g/mol. The average Bonchev–Trinajstić information content (AvgIpc) is 2.36. The van der Waals surface area contributed by atoms with E-state index in [-0.39, 0.29) is 0 Å². The van der Waals surface area contributed by atoms with Gasteiger partial charge < -0.3 is 4.84 Å². The van der Waals surface area contributed by atoms with Crippen LogP contribution in [0.4, 0.5) is 0 Å². The van der Waals surface area contributed by atoms with E-state index in [2.05, 4.69) is 13.8 Å². The highest BCUT2D eigenvalue weighted by Gasteiger charge is 1.98. The van der Waals surface area contributed by atoms with Crippen LogP contribution in [-0.4, -0.2) is 25.3 Å². The van der Waals surface area contributed by atoms with Crippen LogP contribution < -0.4 is 0 Å². The summed E-state index contributed by atoms with van der Waals surface area (Å²) < 4.78 is 0. The predicted molar refractivity (Wildman–Crippen MR) is 76.1 cm³/mol. The molecule has 0 saturated heterocycles. The Kier molecular flexibility index (Phi) is 13.9. The van der Waals surface area contributed by atoms with Gasteiger partial charge in [0.05, 0.1) is 7.11 Å². The lowest BCUT2D eigenvalue weighted by Gasteiger charge is -2.16. The predicted octanol–water partition coefficient (Wildman–Crippen LogP) is 4.79. The Balaban J connectivity index is 3.03. The molecule has 17 heavy (non-hydrogen) atoms. The quantitative estimate of drug-likeness (QED) is 0.340. The van der Waals surface area contributed by atoms with Crippen LogP contribution >= 0.6 is 0 Å². The topological polar surface area (TPSA) is 12.5 Å². The maximum Gasteiger partial charge on any atom is 0.0575 e. The van der Waals surface area contributed by atoms with Gasteiger partial charge >= 0.3 is 0 Å². The van der Waals surface area contributed by atoms with Crippen LogP contribution in [0.2, 0.25) is 0 Å². The van der Waals surface area contributed by atoms with E-state index in [1.165, 1.54) is 64.2 Å². The normalized spacial score (nSPS) is 11.3. The maximum atomic E-state index is 5.22. The maximum absolute atomic E-state index is 5.22. The van der Waals surface area contributed by atoms with Gasteiger partial charge in [0.2, 0.25) is 0 Å². The number of hydrogen-bond acceptors (Lipinski definition) is 2. The lowest BCUT2D eigenvalue weighted by molar-refractivity contribution is -0.127. The lowest BCUT2D eigenvalue weighted by Crippen LogP contribution is -2.22. The highest BCUT2D eigenvalue weighted by atomic mass is 16.7. The zero-order chi connectivity index (χ0) is 12.8. The molecule has 0 aliphatic rings. The Morgan fingerprint density at radius 3 is 1.59 bits per heavy atom. The molecule has 2 heteroatoms. The van der Waals surface area contributed by atoms with E-state index in [9.17, 15) is 0 Å². The molecule has 0 aliphatic carbocycles. The molecule has 0 N–H and O–H groups in total. The van der Waals surface area contributed by atoms with Crippen molar-refractivity contribution in [1.82, 2.24) is 5.06 Å². The van der Waals surface area contributed by atoms with E-state index < -0.39 is 0 Å². The smallest absolute Gasteiger partial charge is 0.0575 e. The van der Waals surface area contributed by atoms with Crippen molar-refractivity contribution in [1.29, 1.82) is 0 Å². The highest BCUT2D eigenvalue weighted by Crippen LogP contribution is 2.10. The van der Waals surface area contributed by atoms with E-state index in [4.69, 9.17) is 4.84 Å². The summed E-state index contributed by atoms with van der Waals surface area (Å²) in [5, 5.41) is 2.03. The summed E-state index contributed by atoms with van der Waals surface area (Å²) in [6.45, 7) is 6.50. The van der Waals surface area contributed by atoms with Gasteiger partial charge in [-0.3, -0.25) is 0 Å². The molecule has 0 saturated carbocycles. The Morgan fingerprint density at radius 1 is 0.706 bits per heavy atom. The van der Waals surface area contributed by atoms with Crippen LogP contribution in [0, 0.1) is 0 Å². The number of rotatable bonds is 13. The molecule has 0 bridgehead atoms. The summed E-state index contributed by atoms with van der Waals surface area (Å²) in [6, 6.07) is 0. The monoisotopic (exact) mass is 243 g/mol. The van der Waals surface area contributed by atoms with Crippen LogP contribution in [0.1, 0.15) is 78.1 Å². The van der Waals surface area contributed by atoms with Gasteiger partial charge in [-0.15, -0.1) is 0 Å². The largest absolute Gasteiger partial charge is 0.302 e. The Hall–Kier alpha value is -0.0800. The second-order valence-electron chi connectivity index (χ2n) is 4.89. The molecule has 0 radical (unpaired) electrons. The molecule has 0 rings (SSSR count). The first-order valence-electron chi connectivity index (χ1n) is 7.64. The summed E-state index contributed by atoms with van der Waals surface area (Å²) in [4.78, 5) is 5.22. The second kappa shape index (κ2) is 14.0. The van der Waals surface area contributed by atoms with Gasteiger partial charge in [-0.2, -0.15) is 5.06 Å². The Labute approximate surface area is 109 Å². The van der Waals surface area contributed by atoms with E-state index in [1.807, 2.05) is 5.06 Å². The fourth-order valence-electron chi connectivity index (χ4n) is 2.15. The molecule has 0 aromatic carbocycles. The SMILES string of the molecule is CCCCCCCCCCCCN(CC)OC. The Bertz CT molecular complexity index is 135. The summed E-state index contributed by atoms with van der Waals surface area (Å²) in [5.74, 6) is 0. The van der Waals surface area contributed by atoms with Crippen molar-refractivity contribution in [2.75, 3.05) is 20.2 Å². The number of nitrogens with zero attached hydrogens (tertiary/aromatic N) is 1. The van der Waals surface area contributed by atoms with Gasteiger partial charge in [0, 0.05) is 13.1 Å². The number of hydroxylamine groups is 2. The molecule has 0 fully saturated rings.